The summed E-state index contributed by atoms with van der Waals surface area (Å²) in [5, 5.41) is 27.4. The third kappa shape index (κ3) is 84.4. The summed E-state index contributed by atoms with van der Waals surface area (Å²) >= 11 is 0. The van der Waals surface area contributed by atoms with E-state index in [-0.39, 0.29) is 18.9 Å². The van der Waals surface area contributed by atoms with Crippen molar-refractivity contribution in [3.05, 3.63) is 0 Å². The predicted molar refractivity (Wildman–Crippen MR) is 106 cm³/mol. The number of unbranched alkanes of at least 4 members (excludes halogenated alkanes) is 2. The van der Waals surface area contributed by atoms with Crippen LogP contribution in [0.4, 0.5) is 0 Å². The molecule has 0 bridgehead atoms. The van der Waals surface area contributed by atoms with Crippen molar-refractivity contribution in [2.45, 2.75) is 66.6 Å². The molecular weight excluding hydrogens is 325 g/mol. The SMILES string of the molecule is CC.CC(C)C.CN.CNC(=O)CN.O=C(O)CCCCCB(O)O. The zero-order valence-corrected chi connectivity index (χ0v) is 17.2. The number of nitrogens with one attached hydrogen (secondary N) is 1. The van der Waals surface area contributed by atoms with Gasteiger partial charge in [0.2, 0.25) is 5.91 Å². The summed E-state index contributed by atoms with van der Waals surface area (Å²) in [5.41, 5.74) is 9.37. The summed E-state index contributed by atoms with van der Waals surface area (Å²) in [6, 6.07) is 0. The number of amides is 1. The van der Waals surface area contributed by atoms with Crippen LogP contribution in [0.3, 0.4) is 0 Å². The molecule has 0 aromatic rings. The van der Waals surface area contributed by atoms with Crippen molar-refractivity contribution in [2.75, 3.05) is 20.6 Å². The summed E-state index contributed by atoms with van der Waals surface area (Å²) in [6.45, 7) is 10.6. The van der Waals surface area contributed by atoms with Crippen molar-refractivity contribution in [3.8, 4) is 0 Å². The van der Waals surface area contributed by atoms with Gasteiger partial charge in [-0.2, -0.15) is 0 Å². The quantitative estimate of drug-likeness (QED) is 0.290. The fourth-order valence-corrected chi connectivity index (χ4v) is 0.882. The van der Waals surface area contributed by atoms with Gasteiger partial charge in [-0.3, -0.25) is 9.59 Å². The van der Waals surface area contributed by atoms with E-state index in [1.54, 1.807) is 7.05 Å². The summed E-state index contributed by atoms with van der Waals surface area (Å²) in [5.74, 6) is -0.0930. The maximum absolute atomic E-state index is 10.00. The Balaban J connectivity index is -0.0000000805. The zero-order valence-electron chi connectivity index (χ0n) is 17.2. The second-order valence-corrected chi connectivity index (χ2v) is 5.08. The average Bonchev–Trinajstić information content (AvgIpc) is 2.57. The van der Waals surface area contributed by atoms with E-state index in [9.17, 15) is 9.59 Å². The molecule has 0 fully saturated rings. The van der Waals surface area contributed by atoms with Gasteiger partial charge in [0.05, 0.1) is 6.54 Å². The number of carboxylic acid groups (broad SMARTS) is 1. The topological polar surface area (TPSA) is 159 Å². The highest BCUT2D eigenvalue weighted by Crippen LogP contribution is 2.03. The second-order valence-electron chi connectivity index (χ2n) is 5.08. The summed E-state index contributed by atoms with van der Waals surface area (Å²) in [7, 11) is 1.80. The first-order valence-electron chi connectivity index (χ1n) is 8.73. The number of rotatable bonds is 7. The molecule has 0 atom stereocenters. The molecule has 0 spiro atoms. The van der Waals surface area contributed by atoms with Crippen molar-refractivity contribution >= 4 is 19.0 Å². The zero-order chi connectivity index (χ0) is 21.3. The molecule has 8 nitrogen and oxygen atoms in total. The summed E-state index contributed by atoms with van der Waals surface area (Å²) in [4.78, 5) is 19.9. The van der Waals surface area contributed by atoms with Gasteiger partial charge in [-0.15, -0.1) is 0 Å². The number of carbonyl (C=O) groups is 2. The Morgan fingerprint density at radius 3 is 1.64 bits per heavy atom. The number of carboxylic acids is 1. The largest absolute Gasteiger partial charge is 0.481 e. The van der Waals surface area contributed by atoms with Gasteiger partial charge in [0.25, 0.3) is 0 Å². The molecule has 0 aromatic carbocycles. The van der Waals surface area contributed by atoms with E-state index in [2.05, 4.69) is 31.8 Å². The smallest absolute Gasteiger partial charge is 0.451 e. The van der Waals surface area contributed by atoms with Crippen LogP contribution in [0.15, 0.2) is 0 Å². The minimum Gasteiger partial charge on any atom is -0.481 e. The molecule has 25 heavy (non-hydrogen) atoms. The highest BCUT2D eigenvalue weighted by atomic mass is 16.4. The van der Waals surface area contributed by atoms with E-state index >= 15 is 0 Å². The summed E-state index contributed by atoms with van der Waals surface area (Å²) < 4.78 is 0. The molecule has 0 aliphatic heterocycles. The van der Waals surface area contributed by atoms with Gasteiger partial charge in [-0.1, -0.05) is 47.5 Å². The van der Waals surface area contributed by atoms with Crippen LogP contribution in [0.25, 0.3) is 0 Å². The van der Waals surface area contributed by atoms with Crippen LogP contribution >= 0.6 is 0 Å². The lowest BCUT2D eigenvalue weighted by atomic mass is 9.83. The van der Waals surface area contributed by atoms with E-state index in [4.69, 9.17) is 20.9 Å². The van der Waals surface area contributed by atoms with Gasteiger partial charge in [0.1, 0.15) is 0 Å². The van der Waals surface area contributed by atoms with Gasteiger partial charge in [-0.05, 0) is 25.7 Å². The average molecular weight is 367 g/mol. The lowest BCUT2D eigenvalue weighted by molar-refractivity contribution is -0.137. The molecule has 0 radical (unpaired) electrons. The monoisotopic (exact) mass is 367 g/mol. The minimum atomic E-state index is -1.25. The molecule has 0 unspecified atom stereocenters. The fraction of sp³-hybridized carbons (Fsp3) is 0.875. The molecule has 9 heteroatoms. The maximum atomic E-state index is 10.00. The molecule has 0 aliphatic carbocycles. The Bertz CT molecular complexity index is 247. The van der Waals surface area contributed by atoms with Crippen molar-refractivity contribution < 1.29 is 24.7 Å². The van der Waals surface area contributed by atoms with Crippen molar-refractivity contribution in [3.63, 3.8) is 0 Å². The molecule has 0 aromatic heterocycles. The standard InChI is InChI=1S/C6H13BO4.C4H10.C3H8N2O.C2H6.CH5N/c8-6(9)4-2-1-3-5-7(10)11;1-4(2)3;1-5-3(6)2-4;2*1-2/h10-11H,1-5H2,(H,8,9);4H,1-3H3;2,4H2,1H3,(H,5,6);1-2H3;2H2,1H3. The Morgan fingerprint density at radius 1 is 1.04 bits per heavy atom. The molecule has 0 heterocycles. The van der Waals surface area contributed by atoms with Crippen LogP contribution in [0.1, 0.15) is 60.3 Å². The fourth-order valence-electron chi connectivity index (χ4n) is 0.882. The maximum Gasteiger partial charge on any atom is 0.451 e. The van der Waals surface area contributed by atoms with Crippen LogP contribution in [-0.4, -0.2) is 54.8 Å². The number of hydrogen-bond donors (Lipinski definition) is 6. The molecule has 8 N–H and O–H groups in total. The molecule has 0 saturated carbocycles. The first-order chi connectivity index (χ1) is 11.7. The van der Waals surface area contributed by atoms with E-state index in [1.807, 2.05) is 13.8 Å². The van der Waals surface area contributed by atoms with Crippen LogP contribution < -0.4 is 16.8 Å². The first kappa shape index (κ1) is 35.0. The van der Waals surface area contributed by atoms with Crippen molar-refractivity contribution in [2.24, 2.45) is 17.4 Å². The van der Waals surface area contributed by atoms with Crippen LogP contribution in [-0.2, 0) is 9.59 Å². The van der Waals surface area contributed by atoms with Crippen molar-refractivity contribution in [1.82, 2.24) is 5.32 Å². The van der Waals surface area contributed by atoms with E-state index in [0.29, 0.717) is 19.2 Å². The van der Waals surface area contributed by atoms with Crippen molar-refractivity contribution in [1.29, 1.82) is 0 Å². The highest BCUT2D eigenvalue weighted by Gasteiger charge is 2.05. The lowest BCUT2D eigenvalue weighted by Gasteiger charge is -1.97. The highest BCUT2D eigenvalue weighted by molar-refractivity contribution is 6.40. The van der Waals surface area contributed by atoms with Crippen LogP contribution in [0, 0.1) is 5.92 Å². The molecule has 154 valence electrons. The third-order valence-electron chi connectivity index (χ3n) is 1.82. The van der Waals surface area contributed by atoms with Crippen LogP contribution in [0.2, 0.25) is 6.32 Å². The second kappa shape index (κ2) is 34.2. The predicted octanol–water partition coefficient (Wildman–Crippen LogP) is 1.06. The van der Waals surface area contributed by atoms with Gasteiger partial charge < -0.3 is 31.9 Å². The Labute approximate surface area is 154 Å². The van der Waals surface area contributed by atoms with E-state index < -0.39 is 13.1 Å². The Morgan fingerprint density at radius 2 is 1.44 bits per heavy atom. The Hall–Kier alpha value is -1.16. The minimum absolute atomic E-state index is 0.0799. The molecule has 0 rings (SSSR count). The van der Waals surface area contributed by atoms with Gasteiger partial charge in [0, 0.05) is 13.5 Å². The Kier molecular flexibility index (Phi) is 48.0. The van der Waals surface area contributed by atoms with E-state index in [1.165, 1.54) is 7.05 Å². The molecule has 1 amide bonds. The van der Waals surface area contributed by atoms with E-state index in [0.717, 1.165) is 12.3 Å². The number of carbonyl (C=O) groups excluding carboxylic acids is 1. The number of aliphatic carboxylic acids is 1. The number of nitrogens with two attached hydrogens (primary N) is 2. The summed E-state index contributed by atoms with van der Waals surface area (Å²) in [6.07, 6.45) is 2.53. The molecule has 0 aliphatic rings. The number of hydrogen-bond acceptors (Lipinski definition) is 6. The normalized spacial score (nSPS) is 8.00. The van der Waals surface area contributed by atoms with Crippen LogP contribution in [0.5, 0.6) is 0 Å². The lowest BCUT2D eigenvalue weighted by Crippen LogP contribution is -2.26. The van der Waals surface area contributed by atoms with Gasteiger partial charge in [0.15, 0.2) is 0 Å². The number of likely N-dealkylation sites (N-methyl/N-ethyl adjacent to an activating group) is 1. The van der Waals surface area contributed by atoms with Gasteiger partial charge in [-0.25, -0.2) is 0 Å². The molecule has 0 saturated heterocycles. The first-order valence-corrected chi connectivity index (χ1v) is 8.73. The van der Waals surface area contributed by atoms with Gasteiger partial charge >= 0.3 is 13.1 Å². The third-order valence-corrected chi connectivity index (χ3v) is 1.82. The molecular formula is C16H42BN3O5.